The number of ether oxygens (including phenoxy) is 1. The molecular formula is C18H38N2O4Si. The van der Waals surface area contributed by atoms with Gasteiger partial charge in [-0.25, -0.2) is 4.79 Å². The molecule has 6 nitrogen and oxygen atoms in total. The normalized spacial score (nSPS) is 23.3. The lowest BCUT2D eigenvalue weighted by atomic mass is 10.2. The molecule has 25 heavy (non-hydrogen) atoms. The van der Waals surface area contributed by atoms with Gasteiger partial charge in [0.15, 0.2) is 8.32 Å². The number of nitrogens with one attached hydrogen (secondary N) is 1. The maximum atomic E-state index is 12.4. The van der Waals surface area contributed by atoms with Gasteiger partial charge >= 0.3 is 6.09 Å². The fourth-order valence-electron chi connectivity index (χ4n) is 2.37. The monoisotopic (exact) mass is 374 g/mol. The van der Waals surface area contributed by atoms with Gasteiger partial charge in [0, 0.05) is 25.7 Å². The number of carbonyl (C=O) groups excluding carboxylic acids is 1. The SMILES string of the molecule is CC(C)(C)OC(=O)N1C[C@@H](O)CN[C@@H](CCO[Si](C)(C)C(C)(C)C)C1. The van der Waals surface area contributed by atoms with E-state index in [2.05, 4.69) is 39.2 Å². The molecule has 2 N–H and O–H groups in total. The summed E-state index contributed by atoms with van der Waals surface area (Å²) < 4.78 is 11.7. The molecule has 1 heterocycles. The fourth-order valence-corrected chi connectivity index (χ4v) is 3.43. The Bertz CT molecular complexity index is 443. The van der Waals surface area contributed by atoms with Crippen molar-refractivity contribution in [3.8, 4) is 0 Å². The van der Waals surface area contributed by atoms with Crippen LogP contribution in [0.25, 0.3) is 0 Å². The summed E-state index contributed by atoms with van der Waals surface area (Å²) in [6.07, 6.45) is -0.150. The predicted octanol–water partition coefficient (Wildman–Crippen LogP) is 2.97. The van der Waals surface area contributed by atoms with Gasteiger partial charge in [-0.1, -0.05) is 20.8 Å². The van der Waals surface area contributed by atoms with E-state index in [1.807, 2.05) is 20.8 Å². The molecule has 0 bridgehead atoms. The molecule has 0 spiro atoms. The second kappa shape index (κ2) is 8.37. The van der Waals surface area contributed by atoms with E-state index in [4.69, 9.17) is 9.16 Å². The third-order valence-electron chi connectivity index (χ3n) is 4.90. The Morgan fingerprint density at radius 1 is 1.20 bits per heavy atom. The van der Waals surface area contributed by atoms with Gasteiger partial charge in [-0.15, -0.1) is 0 Å². The zero-order valence-electron chi connectivity index (χ0n) is 17.3. The molecule has 1 rings (SSSR count). The van der Waals surface area contributed by atoms with E-state index in [1.54, 1.807) is 4.90 Å². The molecule has 0 radical (unpaired) electrons. The number of amides is 1. The maximum Gasteiger partial charge on any atom is 0.410 e. The Hall–Kier alpha value is -0.633. The molecule has 1 fully saturated rings. The van der Waals surface area contributed by atoms with Crippen LogP contribution < -0.4 is 5.32 Å². The number of β-amino-alcohol motifs (C(OH)–C–C–N with tert-alkyl or cyclic N) is 1. The molecule has 1 aliphatic heterocycles. The van der Waals surface area contributed by atoms with Crippen molar-refractivity contribution in [3.05, 3.63) is 0 Å². The summed E-state index contributed by atoms with van der Waals surface area (Å²) in [6, 6.07) is 0.0921. The number of aliphatic hydroxyl groups excluding tert-OH is 1. The Kier molecular flexibility index (Phi) is 7.50. The summed E-state index contributed by atoms with van der Waals surface area (Å²) >= 11 is 0. The average Bonchev–Trinajstić information content (AvgIpc) is 2.58. The Labute approximate surface area is 154 Å². The van der Waals surface area contributed by atoms with E-state index in [1.165, 1.54) is 0 Å². The van der Waals surface area contributed by atoms with E-state index in [-0.39, 0.29) is 17.2 Å². The summed E-state index contributed by atoms with van der Waals surface area (Å²) in [5.74, 6) is 0. The molecule has 148 valence electrons. The highest BCUT2D eigenvalue weighted by molar-refractivity contribution is 6.74. The first-order valence-corrected chi connectivity index (χ1v) is 12.2. The van der Waals surface area contributed by atoms with Crippen LogP contribution >= 0.6 is 0 Å². The zero-order chi connectivity index (χ0) is 19.5. The highest BCUT2D eigenvalue weighted by Crippen LogP contribution is 2.36. The molecular weight excluding hydrogens is 336 g/mol. The quantitative estimate of drug-likeness (QED) is 0.740. The van der Waals surface area contributed by atoms with E-state index in [9.17, 15) is 9.90 Å². The molecule has 1 saturated heterocycles. The lowest BCUT2D eigenvalue weighted by Crippen LogP contribution is -2.45. The molecule has 0 aliphatic carbocycles. The molecule has 0 saturated carbocycles. The van der Waals surface area contributed by atoms with E-state index in [0.29, 0.717) is 26.2 Å². The standard InChI is InChI=1S/C18H38N2O4Si/c1-17(2,3)24-16(22)20-12-14(19-11-15(21)13-20)9-10-23-25(7,8)18(4,5)6/h14-15,19,21H,9-13H2,1-8H3/t14-,15-/m0/s1. The van der Waals surface area contributed by atoms with E-state index >= 15 is 0 Å². The predicted molar refractivity (Wildman–Crippen MR) is 103 cm³/mol. The van der Waals surface area contributed by atoms with Crippen LogP contribution in [0.1, 0.15) is 48.0 Å². The molecule has 0 aromatic carbocycles. The summed E-state index contributed by atoms with van der Waals surface area (Å²) in [5.41, 5.74) is -0.539. The summed E-state index contributed by atoms with van der Waals surface area (Å²) in [5, 5.41) is 13.6. The molecule has 1 amide bonds. The molecule has 1 aliphatic rings. The zero-order valence-corrected chi connectivity index (χ0v) is 18.3. The van der Waals surface area contributed by atoms with Crippen molar-refractivity contribution in [3.63, 3.8) is 0 Å². The van der Waals surface area contributed by atoms with Crippen LogP contribution in [0.4, 0.5) is 4.79 Å². The summed E-state index contributed by atoms with van der Waals surface area (Å²) in [4.78, 5) is 14.0. The third kappa shape index (κ3) is 7.64. The first-order valence-electron chi connectivity index (χ1n) is 9.24. The van der Waals surface area contributed by atoms with E-state index in [0.717, 1.165) is 6.42 Å². The highest BCUT2D eigenvalue weighted by Gasteiger charge is 2.37. The first kappa shape index (κ1) is 22.4. The van der Waals surface area contributed by atoms with Gasteiger partial charge in [-0.2, -0.15) is 0 Å². The number of nitrogens with zero attached hydrogens (tertiary/aromatic N) is 1. The van der Waals surface area contributed by atoms with Crippen molar-refractivity contribution in [2.75, 3.05) is 26.2 Å². The second-order valence-electron chi connectivity index (χ2n) is 9.54. The van der Waals surface area contributed by atoms with Crippen LogP contribution in [-0.2, 0) is 9.16 Å². The Morgan fingerprint density at radius 2 is 1.80 bits per heavy atom. The number of hydrogen-bond acceptors (Lipinski definition) is 5. The van der Waals surface area contributed by atoms with Crippen molar-refractivity contribution >= 4 is 14.4 Å². The van der Waals surface area contributed by atoms with Crippen LogP contribution in [-0.4, -0.2) is 68.4 Å². The average molecular weight is 375 g/mol. The Balaban J connectivity index is 2.61. The topological polar surface area (TPSA) is 71.0 Å². The van der Waals surface area contributed by atoms with Crippen molar-refractivity contribution < 1.29 is 19.1 Å². The van der Waals surface area contributed by atoms with Crippen LogP contribution in [0.5, 0.6) is 0 Å². The second-order valence-corrected chi connectivity index (χ2v) is 14.4. The minimum Gasteiger partial charge on any atom is -0.444 e. The largest absolute Gasteiger partial charge is 0.444 e. The van der Waals surface area contributed by atoms with Crippen LogP contribution in [0.15, 0.2) is 0 Å². The van der Waals surface area contributed by atoms with Crippen LogP contribution in [0, 0.1) is 0 Å². The number of carbonyl (C=O) groups is 1. The lowest BCUT2D eigenvalue weighted by Gasteiger charge is -2.36. The van der Waals surface area contributed by atoms with Gasteiger partial charge < -0.3 is 24.5 Å². The number of aliphatic hydroxyl groups is 1. The summed E-state index contributed by atoms with van der Waals surface area (Å²) in [7, 11) is -1.77. The maximum absolute atomic E-state index is 12.4. The number of hydrogen-bond donors (Lipinski definition) is 2. The van der Waals surface area contributed by atoms with E-state index < -0.39 is 20.0 Å². The Morgan fingerprint density at radius 3 is 2.32 bits per heavy atom. The molecule has 0 aromatic rings. The number of rotatable bonds is 4. The van der Waals surface area contributed by atoms with Crippen molar-refractivity contribution in [1.82, 2.24) is 10.2 Å². The first-order chi connectivity index (χ1) is 11.2. The van der Waals surface area contributed by atoms with Gasteiger partial charge in [-0.3, -0.25) is 0 Å². The molecule has 7 heteroatoms. The smallest absolute Gasteiger partial charge is 0.410 e. The van der Waals surface area contributed by atoms with Crippen LogP contribution in [0.3, 0.4) is 0 Å². The van der Waals surface area contributed by atoms with Gasteiger partial charge in [-0.05, 0) is 45.3 Å². The van der Waals surface area contributed by atoms with Gasteiger partial charge in [0.25, 0.3) is 0 Å². The van der Waals surface area contributed by atoms with Gasteiger partial charge in [0.1, 0.15) is 5.60 Å². The highest BCUT2D eigenvalue weighted by atomic mass is 28.4. The lowest BCUT2D eigenvalue weighted by molar-refractivity contribution is 0.0172. The minimum atomic E-state index is -1.77. The third-order valence-corrected chi connectivity index (χ3v) is 9.44. The molecule has 0 unspecified atom stereocenters. The van der Waals surface area contributed by atoms with Crippen molar-refractivity contribution in [1.29, 1.82) is 0 Å². The minimum absolute atomic E-state index is 0.0921. The van der Waals surface area contributed by atoms with Gasteiger partial charge in [0.05, 0.1) is 12.6 Å². The van der Waals surface area contributed by atoms with Crippen LogP contribution in [0.2, 0.25) is 18.1 Å². The fraction of sp³-hybridized carbons (Fsp3) is 0.944. The van der Waals surface area contributed by atoms with Crippen molar-refractivity contribution in [2.45, 2.75) is 83.8 Å². The molecule has 0 aromatic heterocycles. The van der Waals surface area contributed by atoms with Gasteiger partial charge in [0.2, 0.25) is 0 Å². The summed E-state index contributed by atoms with van der Waals surface area (Å²) in [6.45, 7) is 18.7. The molecule has 2 atom stereocenters. The van der Waals surface area contributed by atoms with Crippen molar-refractivity contribution in [2.24, 2.45) is 0 Å².